The Bertz CT molecular complexity index is 621. The molecule has 1 N–H and O–H groups in total. The first-order valence-corrected chi connectivity index (χ1v) is 17.5. The first-order chi connectivity index (χ1) is 19.7. The monoisotopic (exact) mass is 563 g/mol. The van der Waals surface area contributed by atoms with E-state index in [1.54, 1.807) is 0 Å². The lowest BCUT2D eigenvalue weighted by atomic mass is 10.0. The van der Waals surface area contributed by atoms with Gasteiger partial charge < -0.3 is 14.8 Å². The van der Waals surface area contributed by atoms with Gasteiger partial charge in [0.2, 0.25) is 5.91 Å². The SMILES string of the molecule is CCCCCCCCCCCCCC=C[C@H]1OC(=O)OC[C@@H]1NC(=O)CCCCCCCCCCCCCCC. The van der Waals surface area contributed by atoms with Crippen molar-refractivity contribution in [3.63, 3.8) is 0 Å². The van der Waals surface area contributed by atoms with Crippen LogP contribution in [0.5, 0.6) is 0 Å². The van der Waals surface area contributed by atoms with Crippen molar-refractivity contribution in [2.75, 3.05) is 6.61 Å². The van der Waals surface area contributed by atoms with Crippen molar-refractivity contribution in [1.82, 2.24) is 5.32 Å². The number of nitrogens with one attached hydrogen (secondary N) is 1. The molecule has 5 heteroatoms. The lowest BCUT2D eigenvalue weighted by Crippen LogP contribution is -2.51. The maximum absolute atomic E-state index is 12.5. The van der Waals surface area contributed by atoms with E-state index in [9.17, 15) is 9.59 Å². The van der Waals surface area contributed by atoms with Crippen LogP contribution in [-0.2, 0) is 14.3 Å². The molecule has 234 valence electrons. The van der Waals surface area contributed by atoms with Crippen molar-refractivity contribution in [2.24, 2.45) is 0 Å². The first kappa shape index (κ1) is 36.5. The van der Waals surface area contributed by atoms with Gasteiger partial charge in [-0.25, -0.2) is 4.79 Å². The molecule has 0 aromatic carbocycles. The number of rotatable bonds is 28. The lowest BCUT2D eigenvalue weighted by molar-refractivity contribution is -0.124. The minimum atomic E-state index is -0.647. The third kappa shape index (κ3) is 22.2. The third-order valence-electron chi connectivity index (χ3n) is 8.16. The Morgan fingerprint density at radius 3 is 1.57 bits per heavy atom. The largest absolute Gasteiger partial charge is 0.509 e. The van der Waals surface area contributed by atoms with Gasteiger partial charge in [0, 0.05) is 6.42 Å². The van der Waals surface area contributed by atoms with Crippen molar-refractivity contribution in [3.8, 4) is 0 Å². The Labute approximate surface area is 248 Å². The average molecular weight is 564 g/mol. The Morgan fingerprint density at radius 2 is 1.10 bits per heavy atom. The molecule has 0 bridgehead atoms. The minimum absolute atomic E-state index is 0.0263. The van der Waals surface area contributed by atoms with E-state index in [0.29, 0.717) is 6.42 Å². The summed E-state index contributed by atoms with van der Waals surface area (Å²) < 4.78 is 10.4. The van der Waals surface area contributed by atoms with Gasteiger partial charge >= 0.3 is 6.16 Å². The van der Waals surface area contributed by atoms with Crippen LogP contribution in [0.2, 0.25) is 0 Å². The Hall–Kier alpha value is -1.52. The molecule has 0 aromatic rings. The van der Waals surface area contributed by atoms with Crippen molar-refractivity contribution in [1.29, 1.82) is 0 Å². The van der Waals surface area contributed by atoms with Gasteiger partial charge in [-0.3, -0.25) is 4.79 Å². The number of ether oxygens (including phenoxy) is 2. The summed E-state index contributed by atoms with van der Waals surface area (Å²) >= 11 is 0. The van der Waals surface area contributed by atoms with Crippen LogP contribution < -0.4 is 5.32 Å². The molecule has 1 heterocycles. The summed E-state index contributed by atoms with van der Waals surface area (Å²) in [5.74, 6) is 0.0263. The van der Waals surface area contributed by atoms with Crippen LogP contribution in [-0.4, -0.2) is 30.8 Å². The summed E-state index contributed by atoms with van der Waals surface area (Å²) in [6.07, 6.45) is 36.0. The molecule has 1 saturated heterocycles. The highest BCUT2D eigenvalue weighted by Gasteiger charge is 2.31. The highest BCUT2D eigenvalue weighted by molar-refractivity contribution is 5.76. The second-order valence-electron chi connectivity index (χ2n) is 12.1. The predicted octanol–water partition coefficient (Wildman–Crippen LogP) is 10.7. The molecule has 2 atom stereocenters. The topological polar surface area (TPSA) is 64.6 Å². The van der Waals surface area contributed by atoms with Gasteiger partial charge in [-0.1, -0.05) is 161 Å². The summed E-state index contributed by atoms with van der Waals surface area (Å²) in [6.45, 7) is 4.71. The molecule has 0 spiro atoms. The number of carbonyl (C=O) groups is 2. The van der Waals surface area contributed by atoms with Gasteiger partial charge in [-0.15, -0.1) is 0 Å². The Morgan fingerprint density at radius 1 is 0.675 bits per heavy atom. The van der Waals surface area contributed by atoms with Crippen molar-refractivity contribution >= 4 is 12.1 Å². The van der Waals surface area contributed by atoms with E-state index in [-0.39, 0.29) is 18.6 Å². The van der Waals surface area contributed by atoms with E-state index < -0.39 is 12.3 Å². The molecule has 1 rings (SSSR count). The number of carbonyl (C=O) groups excluding carboxylic acids is 2. The van der Waals surface area contributed by atoms with Crippen molar-refractivity contribution in [2.45, 2.75) is 193 Å². The van der Waals surface area contributed by atoms with Gasteiger partial charge in [0.05, 0.1) is 0 Å². The molecule has 1 amide bonds. The number of hydrogen-bond donors (Lipinski definition) is 1. The third-order valence-corrected chi connectivity index (χ3v) is 8.16. The van der Waals surface area contributed by atoms with Crippen LogP contribution in [0.1, 0.15) is 181 Å². The first-order valence-electron chi connectivity index (χ1n) is 17.5. The molecule has 1 aliphatic heterocycles. The van der Waals surface area contributed by atoms with E-state index in [4.69, 9.17) is 9.47 Å². The van der Waals surface area contributed by atoms with E-state index in [1.807, 2.05) is 6.08 Å². The normalized spacial score (nSPS) is 17.2. The Balaban J connectivity index is 2.05. The van der Waals surface area contributed by atoms with Gasteiger partial charge in [0.15, 0.2) is 0 Å². The zero-order chi connectivity index (χ0) is 28.9. The number of unbranched alkanes of at least 4 members (excludes halogenated alkanes) is 23. The summed E-state index contributed by atoms with van der Waals surface area (Å²) in [5, 5.41) is 3.04. The van der Waals surface area contributed by atoms with Crippen molar-refractivity contribution < 1.29 is 19.1 Å². The van der Waals surface area contributed by atoms with E-state index in [1.165, 1.54) is 135 Å². The van der Waals surface area contributed by atoms with Crippen molar-refractivity contribution in [3.05, 3.63) is 12.2 Å². The van der Waals surface area contributed by atoms with Crippen LogP contribution in [0.4, 0.5) is 4.79 Å². The molecule has 0 aromatic heterocycles. The Kier molecular flexibility index (Phi) is 25.2. The van der Waals surface area contributed by atoms with Crippen LogP contribution in [0, 0.1) is 0 Å². The molecule has 0 radical (unpaired) electrons. The molecule has 1 fully saturated rings. The predicted molar refractivity (Wildman–Crippen MR) is 169 cm³/mol. The standard InChI is InChI=1S/C35H65NO4/c1-3-5-7-9-11-13-15-17-19-21-23-25-27-29-33-32(31-39-35(38)40-33)36-34(37)30-28-26-24-22-20-18-16-14-12-10-8-6-4-2/h27,29,32-33H,3-26,28,30-31H2,1-2H3,(H,36,37)/t32-,33+/m0/s1. The maximum atomic E-state index is 12.5. The summed E-state index contributed by atoms with van der Waals surface area (Å²) in [7, 11) is 0. The van der Waals surface area contributed by atoms with Gasteiger partial charge in [-0.2, -0.15) is 0 Å². The molecule has 5 nitrogen and oxygen atoms in total. The van der Waals surface area contributed by atoms with Gasteiger partial charge in [0.1, 0.15) is 18.8 Å². The van der Waals surface area contributed by atoms with Gasteiger partial charge in [-0.05, 0) is 25.3 Å². The number of allylic oxidation sites excluding steroid dienone is 1. The number of cyclic esters (lactones) is 2. The minimum Gasteiger partial charge on any atom is -0.432 e. The van der Waals surface area contributed by atoms with Gasteiger partial charge in [0.25, 0.3) is 0 Å². The maximum Gasteiger partial charge on any atom is 0.509 e. The fraction of sp³-hybridized carbons (Fsp3) is 0.886. The molecule has 1 aliphatic rings. The number of amides is 1. The molecule has 0 saturated carbocycles. The zero-order valence-electron chi connectivity index (χ0n) is 26.5. The summed E-state index contributed by atoms with van der Waals surface area (Å²) in [4.78, 5) is 24.2. The second-order valence-corrected chi connectivity index (χ2v) is 12.1. The molecular formula is C35H65NO4. The number of hydrogen-bond acceptors (Lipinski definition) is 4. The molecule has 0 aliphatic carbocycles. The average Bonchev–Trinajstić information content (AvgIpc) is 2.95. The van der Waals surface area contributed by atoms with E-state index in [0.717, 1.165) is 25.7 Å². The molecule has 40 heavy (non-hydrogen) atoms. The van der Waals surface area contributed by atoms with Crippen LogP contribution in [0.15, 0.2) is 12.2 Å². The molecule has 0 unspecified atom stereocenters. The molecular weight excluding hydrogens is 498 g/mol. The summed E-state index contributed by atoms with van der Waals surface area (Å²) in [6, 6.07) is -0.305. The fourth-order valence-electron chi connectivity index (χ4n) is 5.52. The lowest BCUT2D eigenvalue weighted by Gasteiger charge is -2.29. The van der Waals surface area contributed by atoms with Crippen LogP contribution >= 0.6 is 0 Å². The smallest absolute Gasteiger partial charge is 0.432 e. The highest BCUT2D eigenvalue weighted by Crippen LogP contribution is 2.16. The van der Waals surface area contributed by atoms with Crippen LogP contribution in [0.3, 0.4) is 0 Å². The highest BCUT2D eigenvalue weighted by atomic mass is 16.7. The van der Waals surface area contributed by atoms with Crippen LogP contribution in [0.25, 0.3) is 0 Å². The fourth-order valence-corrected chi connectivity index (χ4v) is 5.52. The van der Waals surface area contributed by atoms with E-state index in [2.05, 4.69) is 25.2 Å². The quantitative estimate of drug-likeness (QED) is 0.0584. The second kappa shape index (κ2) is 27.6. The zero-order valence-corrected chi connectivity index (χ0v) is 26.5. The summed E-state index contributed by atoms with van der Waals surface area (Å²) in [5.41, 5.74) is 0. The van der Waals surface area contributed by atoms with E-state index >= 15 is 0 Å².